The number of nitrogens with one attached hydrogen (secondary N) is 1. The molecule has 100 valence electrons. The molecule has 19 heavy (non-hydrogen) atoms. The molecular weight excluding hydrogens is 249 g/mol. The second-order valence-corrected chi connectivity index (χ2v) is 4.77. The second kappa shape index (κ2) is 4.71. The van der Waals surface area contributed by atoms with Crippen molar-refractivity contribution in [3.05, 3.63) is 35.5 Å². The second-order valence-electron chi connectivity index (χ2n) is 4.77. The van der Waals surface area contributed by atoms with Crippen molar-refractivity contribution in [1.29, 1.82) is 0 Å². The van der Waals surface area contributed by atoms with Crippen LogP contribution in [0.5, 0.6) is 0 Å². The van der Waals surface area contributed by atoms with E-state index in [0.717, 1.165) is 0 Å². The van der Waals surface area contributed by atoms with Gasteiger partial charge in [0.15, 0.2) is 0 Å². The maximum Gasteiger partial charge on any atom is 0.244 e. The Bertz CT molecular complexity index is 599. The number of hydrogen-bond acceptors (Lipinski definition) is 5. The van der Waals surface area contributed by atoms with Gasteiger partial charge in [-0.05, 0) is 37.1 Å². The third-order valence-corrected chi connectivity index (χ3v) is 3.26. The molecule has 1 saturated heterocycles. The number of halogens is 1. The van der Waals surface area contributed by atoms with Crippen LogP contribution in [0.25, 0.3) is 11.4 Å². The molecule has 2 N–H and O–H groups in total. The largest absolute Gasteiger partial charge is 0.392 e. The fraction of sp³-hybridized carbons (Fsp3) is 0.385. The number of hydrogen-bond donors (Lipinski definition) is 2. The molecule has 1 aromatic heterocycles. The summed E-state index contributed by atoms with van der Waals surface area (Å²) in [6.45, 7) is 2.22. The number of nitrogens with zero attached hydrogens (tertiary/aromatic N) is 2. The molecule has 2 atom stereocenters. The third kappa shape index (κ3) is 2.36. The molecule has 0 aliphatic carbocycles. The van der Waals surface area contributed by atoms with Crippen molar-refractivity contribution in [3.8, 4) is 11.4 Å². The first kappa shape index (κ1) is 12.3. The van der Waals surface area contributed by atoms with Gasteiger partial charge in [-0.1, -0.05) is 5.16 Å². The Balaban J connectivity index is 1.86. The maximum absolute atomic E-state index is 13.2. The quantitative estimate of drug-likeness (QED) is 0.860. The van der Waals surface area contributed by atoms with Crippen LogP contribution in [-0.4, -0.2) is 27.9 Å². The SMILES string of the molecule is Cc1cc(-c2noc(C3CC(O)CN3)n2)ccc1F. The number of benzene rings is 1. The van der Waals surface area contributed by atoms with E-state index in [1.54, 1.807) is 19.1 Å². The van der Waals surface area contributed by atoms with Crippen LogP contribution >= 0.6 is 0 Å². The van der Waals surface area contributed by atoms with E-state index in [2.05, 4.69) is 15.5 Å². The summed E-state index contributed by atoms with van der Waals surface area (Å²) in [6.07, 6.45) is 0.179. The molecule has 1 aliphatic rings. The summed E-state index contributed by atoms with van der Waals surface area (Å²) in [5.74, 6) is 0.628. The Labute approximate surface area is 109 Å². The average molecular weight is 263 g/mol. The molecular formula is C13H14FN3O2. The summed E-state index contributed by atoms with van der Waals surface area (Å²) in [5, 5.41) is 16.5. The molecule has 6 heteroatoms. The van der Waals surface area contributed by atoms with Gasteiger partial charge in [-0.25, -0.2) is 4.39 Å². The molecule has 1 fully saturated rings. The fourth-order valence-electron chi connectivity index (χ4n) is 2.18. The maximum atomic E-state index is 13.2. The fourth-order valence-corrected chi connectivity index (χ4v) is 2.18. The van der Waals surface area contributed by atoms with E-state index in [1.165, 1.54) is 6.07 Å². The number of rotatable bonds is 2. The Hall–Kier alpha value is -1.79. The van der Waals surface area contributed by atoms with Gasteiger partial charge in [0, 0.05) is 12.1 Å². The number of aryl methyl sites for hydroxylation is 1. The highest BCUT2D eigenvalue weighted by molar-refractivity contribution is 5.55. The van der Waals surface area contributed by atoms with E-state index in [4.69, 9.17) is 4.52 Å². The summed E-state index contributed by atoms with van der Waals surface area (Å²) >= 11 is 0. The monoisotopic (exact) mass is 263 g/mol. The highest BCUT2D eigenvalue weighted by Crippen LogP contribution is 2.25. The lowest BCUT2D eigenvalue weighted by atomic mass is 10.1. The molecule has 1 aromatic carbocycles. The minimum absolute atomic E-state index is 0.113. The van der Waals surface area contributed by atoms with E-state index in [9.17, 15) is 9.50 Å². The zero-order valence-electron chi connectivity index (χ0n) is 10.4. The van der Waals surface area contributed by atoms with Crippen molar-refractivity contribution in [2.45, 2.75) is 25.5 Å². The lowest BCUT2D eigenvalue weighted by Gasteiger charge is -2.01. The van der Waals surface area contributed by atoms with Gasteiger partial charge in [-0.2, -0.15) is 4.98 Å². The van der Waals surface area contributed by atoms with Gasteiger partial charge < -0.3 is 14.9 Å². The molecule has 5 nitrogen and oxygen atoms in total. The number of aliphatic hydroxyl groups excluding tert-OH is 1. The highest BCUT2D eigenvalue weighted by atomic mass is 19.1. The summed E-state index contributed by atoms with van der Waals surface area (Å²) in [5.41, 5.74) is 1.26. The lowest BCUT2D eigenvalue weighted by molar-refractivity contribution is 0.191. The molecule has 0 radical (unpaired) electrons. The zero-order chi connectivity index (χ0) is 13.4. The molecule has 0 amide bonds. The standard InChI is InChI=1S/C13H14FN3O2/c1-7-4-8(2-3-10(7)14)12-16-13(19-17-12)11-5-9(18)6-15-11/h2-4,9,11,15,18H,5-6H2,1H3. The predicted molar refractivity (Wildman–Crippen MR) is 65.8 cm³/mol. The first-order chi connectivity index (χ1) is 9.13. The van der Waals surface area contributed by atoms with Crippen molar-refractivity contribution in [2.75, 3.05) is 6.54 Å². The first-order valence-electron chi connectivity index (χ1n) is 6.15. The van der Waals surface area contributed by atoms with Gasteiger partial charge >= 0.3 is 0 Å². The van der Waals surface area contributed by atoms with Crippen molar-refractivity contribution in [2.24, 2.45) is 0 Å². The van der Waals surface area contributed by atoms with Crippen LogP contribution in [0.15, 0.2) is 22.7 Å². The summed E-state index contributed by atoms with van der Waals surface area (Å²) < 4.78 is 18.4. The molecule has 3 rings (SSSR count). The van der Waals surface area contributed by atoms with Crippen LogP contribution in [0.4, 0.5) is 4.39 Å². The Kier molecular flexibility index (Phi) is 3.04. The third-order valence-electron chi connectivity index (χ3n) is 3.26. The number of β-amino-alcohol motifs (C(OH)–C–C–N with tert-alkyl or cyclic N) is 1. The van der Waals surface area contributed by atoms with Crippen LogP contribution in [-0.2, 0) is 0 Å². The Morgan fingerprint density at radius 2 is 2.32 bits per heavy atom. The van der Waals surface area contributed by atoms with Crippen LogP contribution < -0.4 is 5.32 Å². The van der Waals surface area contributed by atoms with Gasteiger partial charge in [0.2, 0.25) is 11.7 Å². The van der Waals surface area contributed by atoms with E-state index in [0.29, 0.717) is 35.8 Å². The van der Waals surface area contributed by atoms with Crippen molar-refractivity contribution in [3.63, 3.8) is 0 Å². The van der Waals surface area contributed by atoms with Gasteiger partial charge in [0.1, 0.15) is 5.82 Å². The highest BCUT2D eigenvalue weighted by Gasteiger charge is 2.28. The molecule has 0 saturated carbocycles. The summed E-state index contributed by atoms with van der Waals surface area (Å²) in [4.78, 5) is 4.29. The minimum Gasteiger partial charge on any atom is -0.392 e. The zero-order valence-corrected chi connectivity index (χ0v) is 10.4. The van der Waals surface area contributed by atoms with E-state index < -0.39 is 0 Å². The van der Waals surface area contributed by atoms with Crippen molar-refractivity contribution >= 4 is 0 Å². The predicted octanol–water partition coefficient (Wildman–Crippen LogP) is 1.58. The molecule has 2 aromatic rings. The number of aliphatic hydroxyl groups is 1. The van der Waals surface area contributed by atoms with Crippen LogP contribution in [0.3, 0.4) is 0 Å². The molecule has 2 heterocycles. The smallest absolute Gasteiger partial charge is 0.244 e. The van der Waals surface area contributed by atoms with Gasteiger partial charge in [-0.15, -0.1) is 0 Å². The van der Waals surface area contributed by atoms with E-state index >= 15 is 0 Å². The number of aromatic nitrogens is 2. The van der Waals surface area contributed by atoms with Gasteiger partial charge in [0.05, 0.1) is 12.1 Å². The summed E-state index contributed by atoms with van der Waals surface area (Å²) in [7, 11) is 0. The van der Waals surface area contributed by atoms with Crippen LogP contribution in [0, 0.1) is 12.7 Å². The average Bonchev–Trinajstić information content (AvgIpc) is 3.01. The van der Waals surface area contributed by atoms with E-state index in [-0.39, 0.29) is 18.0 Å². The molecule has 1 aliphatic heterocycles. The Morgan fingerprint density at radius 1 is 1.47 bits per heavy atom. The summed E-state index contributed by atoms with van der Waals surface area (Å²) in [6, 6.07) is 4.57. The topological polar surface area (TPSA) is 71.2 Å². The van der Waals surface area contributed by atoms with Crippen molar-refractivity contribution in [1.82, 2.24) is 15.5 Å². The van der Waals surface area contributed by atoms with E-state index in [1.807, 2.05) is 0 Å². The van der Waals surface area contributed by atoms with Gasteiger partial charge in [0.25, 0.3) is 0 Å². The van der Waals surface area contributed by atoms with Crippen molar-refractivity contribution < 1.29 is 14.0 Å². The molecule has 0 bridgehead atoms. The van der Waals surface area contributed by atoms with Crippen LogP contribution in [0.1, 0.15) is 23.9 Å². The Morgan fingerprint density at radius 3 is 3.00 bits per heavy atom. The minimum atomic E-state index is -0.381. The van der Waals surface area contributed by atoms with Crippen LogP contribution in [0.2, 0.25) is 0 Å². The lowest BCUT2D eigenvalue weighted by Crippen LogP contribution is -2.15. The van der Waals surface area contributed by atoms with Gasteiger partial charge in [-0.3, -0.25) is 0 Å². The first-order valence-corrected chi connectivity index (χ1v) is 6.15. The normalized spacial score (nSPS) is 22.9. The molecule has 2 unspecified atom stereocenters. The molecule has 0 spiro atoms.